The summed E-state index contributed by atoms with van der Waals surface area (Å²) in [5, 5.41) is 10.6. The largest absolute Gasteiger partial charge is 0.295 e. The van der Waals surface area contributed by atoms with Crippen molar-refractivity contribution >= 4 is 23.2 Å². The third-order valence-corrected chi connectivity index (χ3v) is 3.90. The highest BCUT2D eigenvalue weighted by atomic mass is 32.2. The van der Waals surface area contributed by atoms with Crippen LogP contribution in [0.25, 0.3) is 0 Å². The molecule has 0 heterocycles. The molecule has 2 rings (SSSR count). The highest BCUT2D eigenvalue weighted by Crippen LogP contribution is 2.24. The normalized spacial score (nSPS) is 10.2. The Bertz CT molecular complexity index is 563. The van der Waals surface area contributed by atoms with Crippen LogP contribution in [0.15, 0.2) is 53.4 Å². The average molecular weight is 287 g/mol. The number of non-ortho nitro benzene ring substituents is 1. The van der Waals surface area contributed by atoms with Crippen molar-refractivity contribution < 1.29 is 9.72 Å². The number of benzene rings is 2. The van der Waals surface area contributed by atoms with E-state index in [0.29, 0.717) is 5.56 Å². The number of nitro benzene ring substituents is 1. The van der Waals surface area contributed by atoms with Gasteiger partial charge in [-0.1, -0.05) is 24.3 Å². The molecule has 0 fully saturated rings. The maximum absolute atomic E-state index is 11.2. The van der Waals surface area contributed by atoms with E-state index in [-0.39, 0.29) is 11.5 Å². The van der Waals surface area contributed by atoms with Crippen LogP contribution in [0.5, 0.6) is 0 Å². The third-order valence-electron chi connectivity index (χ3n) is 2.81. The molecule has 0 aliphatic rings. The molecule has 0 bridgehead atoms. The zero-order valence-electron chi connectivity index (χ0n) is 10.9. The fourth-order valence-electron chi connectivity index (χ4n) is 1.67. The van der Waals surface area contributed by atoms with Crippen LogP contribution in [0.4, 0.5) is 5.69 Å². The lowest BCUT2D eigenvalue weighted by molar-refractivity contribution is -0.384. The van der Waals surface area contributed by atoms with Crippen LogP contribution in [-0.2, 0) is 5.75 Å². The quantitative estimate of drug-likeness (QED) is 0.359. The number of Topliss-reactive ketones (excluding diaryl/α,β-unsaturated/α-hetero) is 1. The summed E-state index contributed by atoms with van der Waals surface area (Å²) in [5.74, 6) is 0.786. The summed E-state index contributed by atoms with van der Waals surface area (Å²) in [6.45, 7) is 1.54. The first kappa shape index (κ1) is 14.3. The molecule has 0 saturated heterocycles. The van der Waals surface area contributed by atoms with Gasteiger partial charge in [0.1, 0.15) is 0 Å². The summed E-state index contributed by atoms with van der Waals surface area (Å²) in [7, 11) is 0. The van der Waals surface area contributed by atoms with Crippen molar-refractivity contribution in [3.63, 3.8) is 0 Å². The van der Waals surface area contributed by atoms with E-state index in [1.54, 1.807) is 43.0 Å². The van der Waals surface area contributed by atoms with Gasteiger partial charge in [0.05, 0.1) is 4.92 Å². The Labute approximate surface area is 121 Å². The number of hydrogen-bond acceptors (Lipinski definition) is 4. The number of nitro groups is 1. The summed E-state index contributed by atoms with van der Waals surface area (Å²) in [6.07, 6.45) is 0. The van der Waals surface area contributed by atoms with E-state index in [0.717, 1.165) is 16.2 Å². The van der Waals surface area contributed by atoms with Crippen LogP contribution in [0, 0.1) is 10.1 Å². The van der Waals surface area contributed by atoms with Gasteiger partial charge < -0.3 is 0 Å². The van der Waals surface area contributed by atoms with E-state index >= 15 is 0 Å². The van der Waals surface area contributed by atoms with Crippen molar-refractivity contribution in [2.24, 2.45) is 0 Å². The molecule has 2 aromatic carbocycles. The Balaban J connectivity index is 1.97. The third kappa shape index (κ3) is 3.68. The van der Waals surface area contributed by atoms with Crippen molar-refractivity contribution in [3.05, 3.63) is 69.8 Å². The molecular formula is C15H13NO3S. The number of ketones is 1. The molecule has 2 aromatic rings. The minimum atomic E-state index is -0.405. The lowest BCUT2D eigenvalue weighted by Gasteiger charge is -2.03. The van der Waals surface area contributed by atoms with Gasteiger partial charge in [-0.3, -0.25) is 14.9 Å². The van der Waals surface area contributed by atoms with Gasteiger partial charge in [0, 0.05) is 28.3 Å². The molecule has 0 saturated carbocycles. The van der Waals surface area contributed by atoms with Gasteiger partial charge in [-0.25, -0.2) is 0 Å². The summed E-state index contributed by atoms with van der Waals surface area (Å²) < 4.78 is 0. The molecule has 0 amide bonds. The Kier molecular flexibility index (Phi) is 4.53. The van der Waals surface area contributed by atoms with Crippen LogP contribution < -0.4 is 0 Å². The second-order valence-electron chi connectivity index (χ2n) is 4.29. The highest BCUT2D eigenvalue weighted by Gasteiger charge is 2.04. The topological polar surface area (TPSA) is 60.2 Å². The second kappa shape index (κ2) is 6.34. The van der Waals surface area contributed by atoms with Gasteiger partial charge >= 0.3 is 0 Å². The van der Waals surface area contributed by atoms with Crippen LogP contribution in [-0.4, -0.2) is 10.7 Å². The molecule has 0 radical (unpaired) electrons. The average Bonchev–Trinajstić information content (AvgIpc) is 2.46. The SMILES string of the molecule is CC(=O)c1ccc(SCc2ccc([N+](=O)[O-])cc2)cc1. The maximum Gasteiger partial charge on any atom is 0.269 e. The van der Waals surface area contributed by atoms with Crippen LogP contribution in [0.1, 0.15) is 22.8 Å². The molecule has 4 nitrogen and oxygen atoms in total. The van der Waals surface area contributed by atoms with Crippen molar-refractivity contribution in [1.82, 2.24) is 0 Å². The number of thioether (sulfide) groups is 1. The predicted molar refractivity (Wildman–Crippen MR) is 79.1 cm³/mol. The summed E-state index contributed by atoms with van der Waals surface area (Å²) in [5.41, 5.74) is 1.82. The lowest BCUT2D eigenvalue weighted by atomic mass is 10.2. The summed E-state index contributed by atoms with van der Waals surface area (Å²) in [6, 6.07) is 14.0. The molecule has 0 aliphatic heterocycles. The monoisotopic (exact) mass is 287 g/mol. The molecule has 0 atom stereocenters. The zero-order valence-corrected chi connectivity index (χ0v) is 11.7. The fourth-order valence-corrected chi connectivity index (χ4v) is 2.52. The van der Waals surface area contributed by atoms with Gasteiger partial charge in [0.15, 0.2) is 5.78 Å². The van der Waals surface area contributed by atoms with Crippen molar-refractivity contribution in [1.29, 1.82) is 0 Å². The minimum absolute atomic E-state index is 0.0527. The Hall–Kier alpha value is -2.14. The smallest absolute Gasteiger partial charge is 0.269 e. The van der Waals surface area contributed by atoms with Gasteiger partial charge in [-0.2, -0.15) is 0 Å². The number of nitrogens with zero attached hydrogens (tertiary/aromatic N) is 1. The lowest BCUT2D eigenvalue weighted by Crippen LogP contribution is -1.90. The van der Waals surface area contributed by atoms with Crippen LogP contribution in [0.3, 0.4) is 0 Å². The number of carbonyl (C=O) groups is 1. The highest BCUT2D eigenvalue weighted by molar-refractivity contribution is 7.98. The Morgan fingerprint density at radius 2 is 1.70 bits per heavy atom. The molecule has 0 spiro atoms. The molecule has 0 aromatic heterocycles. The molecule has 0 unspecified atom stereocenters. The van der Waals surface area contributed by atoms with Gasteiger partial charge in [-0.05, 0) is 24.6 Å². The molecule has 0 aliphatic carbocycles. The molecule has 102 valence electrons. The Morgan fingerprint density at radius 3 is 2.20 bits per heavy atom. The van der Waals surface area contributed by atoms with E-state index in [2.05, 4.69) is 0 Å². The minimum Gasteiger partial charge on any atom is -0.295 e. The van der Waals surface area contributed by atoms with E-state index in [9.17, 15) is 14.9 Å². The first-order chi connectivity index (χ1) is 9.56. The van der Waals surface area contributed by atoms with Gasteiger partial charge in [-0.15, -0.1) is 11.8 Å². The molecular weight excluding hydrogens is 274 g/mol. The molecule has 20 heavy (non-hydrogen) atoms. The fraction of sp³-hybridized carbons (Fsp3) is 0.133. The van der Waals surface area contributed by atoms with Crippen molar-refractivity contribution in [3.8, 4) is 0 Å². The second-order valence-corrected chi connectivity index (χ2v) is 5.34. The van der Waals surface area contributed by atoms with E-state index in [1.165, 1.54) is 12.1 Å². The first-order valence-electron chi connectivity index (χ1n) is 6.03. The summed E-state index contributed by atoms with van der Waals surface area (Å²) in [4.78, 5) is 22.4. The van der Waals surface area contributed by atoms with Crippen molar-refractivity contribution in [2.75, 3.05) is 0 Å². The maximum atomic E-state index is 11.2. The molecule has 5 heteroatoms. The van der Waals surface area contributed by atoms with E-state index in [1.807, 2.05) is 12.1 Å². The first-order valence-corrected chi connectivity index (χ1v) is 7.02. The number of carbonyl (C=O) groups excluding carboxylic acids is 1. The van der Waals surface area contributed by atoms with E-state index in [4.69, 9.17) is 0 Å². The van der Waals surface area contributed by atoms with Crippen LogP contribution in [0.2, 0.25) is 0 Å². The standard InChI is InChI=1S/C15H13NO3S/c1-11(17)13-4-8-15(9-5-13)20-10-12-2-6-14(7-3-12)16(18)19/h2-9H,10H2,1H3. The Morgan fingerprint density at radius 1 is 1.10 bits per heavy atom. The predicted octanol–water partition coefficient (Wildman–Crippen LogP) is 4.09. The number of rotatable bonds is 5. The van der Waals surface area contributed by atoms with Gasteiger partial charge in [0.25, 0.3) is 5.69 Å². The summed E-state index contributed by atoms with van der Waals surface area (Å²) >= 11 is 1.63. The van der Waals surface area contributed by atoms with Gasteiger partial charge in [0.2, 0.25) is 0 Å². The molecule has 0 N–H and O–H groups in total. The zero-order chi connectivity index (χ0) is 14.5. The van der Waals surface area contributed by atoms with Crippen molar-refractivity contribution in [2.45, 2.75) is 17.6 Å². The number of hydrogen-bond donors (Lipinski definition) is 0. The van der Waals surface area contributed by atoms with Crippen LogP contribution >= 0.6 is 11.8 Å². The van der Waals surface area contributed by atoms with E-state index < -0.39 is 4.92 Å².